The molecule has 3 nitrogen and oxygen atoms in total. The standard InChI is InChI=1S/C14H21BrN2O/c1-10-8-17(9-11(2)18-10)13-4-3-12(5-6-16)14(15)7-13/h3-4,7,10-11H,5-6,8-9,16H2,1-2H3. The maximum atomic E-state index is 5.76. The van der Waals surface area contributed by atoms with Gasteiger partial charge in [-0.25, -0.2) is 0 Å². The molecule has 18 heavy (non-hydrogen) atoms. The zero-order valence-electron chi connectivity index (χ0n) is 11.0. The molecule has 0 spiro atoms. The first-order valence-corrected chi connectivity index (χ1v) is 7.28. The Bertz CT molecular complexity index is 401. The number of nitrogens with two attached hydrogens (primary N) is 1. The molecule has 1 heterocycles. The van der Waals surface area contributed by atoms with E-state index in [1.54, 1.807) is 0 Å². The smallest absolute Gasteiger partial charge is 0.0726 e. The van der Waals surface area contributed by atoms with Gasteiger partial charge in [0.25, 0.3) is 0 Å². The summed E-state index contributed by atoms with van der Waals surface area (Å²) in [6.07, 6.45) is 1.49. The molecule has 1 aromatic carbocycles. The summed E-state index contributed by atoms with van der Waals surface area (Å²) in [4.78, 5) is 2.38. The van der Waals surface area contributed by atoms with Crippen LogP contribution < -0.4 is 10.6 Å². The second kappa shape index (κ2) is 6.04. The lowest BCUT2D eigenvalue weighted by Gasteiger charge is -2.37. The van der Waals surface area contributed by atoms with Crippen molar-refractivity contribution in [1.82, 2.24) is 0 Å². The third kappa shape index (κ3) is 3.25. The van der Waals surface area contributed by atoms with E-state index in [1.165, 1.54) is 11.3 Å². The molecule has 1 aliphatic rings. The molecule has 0 saturated carbocycles. The van der Waals surface area contributed by atoms with Crippen molar-refractivity contribution < 1.29 is 4.74 Å². The molecule has 0 amide bonds. The zero-order chi connectivity index (χ0) is 13.1. The second-order valence-electron chi connectivity index (χ2n) is 4.98. The fourth-order valence-corrected chi connectivity index (χ4v) is 3.04. The number of nitrogens with zero attached hydrogens (tertiary/aromatic N) is 1. The van der Waals surface area contributed by atoms with E-state index in [0.29, 0.717) is 6.54 Å². The van der Waals surface area contributed by atoms with E-state index in [4.69, 9.17) is 10.5 Å². The Morgan fingerprint density at radius 1 is 1.33 bits per heavy atom. The van der Waals surface area contributed by atoms with Crippen LogP contribution in [0.25, 0.3) is 0 Å². The van der Waals surface area contributed by atoms with Gasteiger partial charge in [0.2, 0.25) is 0 Å². The van der Waals surface area contributed by atoms with Crippen LogP contribution in [-0.2, 0) is 11.2 Å². The Morgan fingerprint density at radius 3 is 2.56 bits per heavy atom. The molecule has 1 saturated heterocycles. The highest BCUT2D eigenvalue weighted by molar-refractivity contribution is 9.10. The van der Waals surface area contributed by atoms with Crippen molar-refractivity contribution in [2.24, 2.45) is 5.73 Å². The lowest BCUT2D eigenvalue weighted by molar-refractivity contribution is -0.00521. The Hall–Kier alpha value is -0.580. The van der Waals surface area contributed by atoms with Crippen LogP contribution in [0.4, 0.5) is 5.69 Å². The topological polar surface area (TPSA) is 38.5 Å². The van der Waals surface area contributed by atoms with Gasteiger partial charge in [0.1, 0.15) is 0 Å². The third-order valence-electron chi connectivity index (χ3n) is 3.24. The van der Waals surface area contributed by atoms with E-state index >= 15 is 0 Å². The van der Waals surface area contributed by atoms with E-state index < -0.39 is 0 Å². The Kier molecular flexibility index (Phi) is 4.65. The van der Waals surface area contributed by atoms with E-state index in [2.05, 4.69) is 52.9 Å². The number of anilines is 1. The predicted molar refractivity (Wildman–Crippen MR) is 79.1 cm³/mol. The molecular weight excluding hydrogens is 292 g/mol. The predicted octanol–water partition coefficient (Wildman–Crippen LogP) is 2.56. The van der Waals surface area contributed by atoms with Gasteiger partial charge in [-0.3, -0.25) is 0 Å². The number of hydrogen-bond acceptors (Lipinski definition) is 3. The van der Waals surface area contributed by atoms with Crippen molar-refractivity contribution in [3.05, 3.63) is 28.2 Å². The minimum atomic E-state index is 0.288. The third-order valence-corrected chi connectivity index (χ3v) is 3.97. The first kappa shape index (κ1) is 13.8. The highest BCUT2D eigenvalue weighted by atomic mass is 79.9. The van der Waals surface area contributed by atoms with E-state index in [1.807, 2.05) is 0 Å². The first-order valence-electron chi connectivity index (χ1n) is 6.49. The van der Waals surface area contributed by atoms with Crippen molar-refractivity contribution in [2.45, 2.75) is 32.5 Å². The van der Waals surface area contributed by atoms with Gasteiger partial charge in [0.15, 0.2) is 0 Å². The lowest BCUT2D eigenvalue weighted by atomic mass is 10.1. The molecule has 1 aliphatic heterocycles. The van der Waals surface area contributed by atoms with Gasteiger partial charge in [-0.1, -0.05) is 22.0 Å². The number of hydrogen-bond donors (Lipinski definition) is 1. The van der Waals surface area contributed by atoms with Crippen molar-refractivity contribution in [2.75, 3.05) is 24.5 Å². The van der Waals surface area contributed by atoms with Gasteiger partial charge in [0.05, 0.1) is 12.2 Å². The maximum Gasteiger partial charge on any atom is 0.0726 e. The summed E-state index contributed by atoms with van der Waals surface area (Å²) < 4.78 is 6.91. The van der Waals surface area contributed by atoms with Crippen LogP contribution >= 0.6 is 15.9 Å². The van der Waals surface area contributed by atoms with Crippen LogP contribution in [0.15, 0.2) is 22.7 Å². The van der Waals surface area contributed by atoms with Crippen LogP contribution in [0.3, 0.4) is 0 Å². The van der Waals surface area contributed by atoms with Crippen molar-refractivity contribution in [3.8, 4) is 0 Å². The summed E-state index contributed by atoms with van der Waals surface area (Å²) in [6, 6.07) is 6.54. The molecule has 0 aromatic heterocycles. The van der Waals surface area contributed by atoms with Crippen LogP contribution in [0.2, 0.25) is 0 Å². The van der Waals surface area contributed by atoms with E-state index in [-0.39, 0.29) is 12.2 Å². The highest BCUT2D eigenvalue weighted by Gasteiger charge is 2.22. The molecule has 1 aromatic rings. The van der Waals surface area contributed by atoms with Crippen molar-refractivity contribution >= 4 is 21.6 Å². The van der Waals surface area contributed by atoms with Gasteiger partial charge >= 0.3 is 0 Å². The molecule has 4 heteroatoms. The van der Waals surface area contributed by atoms with Gasteiger partial charge < -0.3 is 15.4 Å². The minimum absolute atomic E-state index is 0.288. The number of halogens is 1. The van der Waals surface area contributed by atoms with Crippen molar-refractivity contribution in [3.63, 3.8) is 0 Å². The minimum Gasteiger partial charge on any atom is -0.372 e. The van der Waals surface area contributed by atoms with Crippen LogP contribution in [0.1, 0.15) is 19.4 Å². The SMILES string of the molecule is CC1CN(c2ccc(CCN)c(Br)c2)CC(C)O1. The number of morpholine rings is 1. The normalized spacial score (nSPS) is 24.3. The largest absolute Gasteiger partial charge is 0.372 e. The quantitative estimate of drug-likeness (QED) is 0.932. The summed E-state index contributed by atoms with van der Waals surface area (Å²) in [7, 11) is 0. The van der Waals surface area contributed by atoms with Gasteiger partial charge in [-0.05, 0) is 44.5 Å². The lowest BCUT2D eigenvalue weighted by Crippen LogP contribution is -2.45. The molecule has 2 rings (SSSR count). The molecule has 0 aliphatic carbocycles. The molecule has 100 valence electrons. The van der Waals surface area contributed by atoms with Gasteiger partial charge in [-0.15, -0.1) is 0 Å². The average Bonchev–Trinajstić information content (AvgIpc) is 2.30. The molecule has 2 N–H and O–H groups in total. The number of benzene rings is 1. The summed E-state index contributed by atoms with van der Waals surface area (Å²) in [6.45, 7) is 6.84. The zero-order valence-corrected chi connectivity index (χ0v) is 12.6. The van der Waals surface area contributed by atoms with Crippen LogP contribution in [0.5, 0.6) is 0 Å². The molecule has 2 unspecified atom stereocenters. The van der Waals surface area contributed by atoms with Gasteiger partial charge in [-0.2, -0.15) is 0 Å². The monoisotopic (exact) mass is 312 g/mol. The Morgan fingerprint density at radius 2 is 2.00 bits per heavy atom. The average molecular weight is 313 g/mol. The van der Waals surface area contributed by atoms with Crippen LogP contribution in [-0.4, -0.2) is 31.8 Å². The Labute approximate surface area is 117 Å². The fraction of sp³-hybridized carbons (Fsp3) is 0.571. The summed E-state index contributed by atoms with van der Waals surface area (Å²) in [5.41, 5.74) is 8.13. The van der Waals surface area contributed by atoms with E-state index in [9.17, 15) is 0 Å². The molecule has 2 atom stereocenters. The summed E-state index contributed by atoms with van der Waals surface area (Å²) in [5.74, 6) is 0. The number of ether oxygens (including phenoxy) is 1. The summed E-state index contributed by atoms with van der Waals surface area (Å²) >= 11 is 3.63. The van der Waals surface area contributed by atoms with Crippen molar-refractivity contribution in [1.29, 1.82) is 0 Å². The molecule has 0 bridgehead atoms. The first-order chi connectivity index (χ1) is 8.60. The highest BCUT2D eigenvalue weighted by Crippen LogP contribution is 2.26. The maximum absolute atomic E-state index is 5.76. The molecule has 1 fully saturated rings. The molecule has 0 radical (unpaired) electrons. The second-order valence-corrected chi connectivity index (χ2v) is 5.83. The Balaban J connectivity index is 2.15. The van der Waals surface area contributed by atoms with Gasteiger partial charge in [0, 0.05) is 23.2 Å². The number of rotatable bonds is 3. The van der Waals surface area contributed by atoms with E-state index in [0.717, 1.165) is 24.0 Å². The van der Waals surface area contributed by atoms with Crippen LogP contribution in [0, 0.1) is 0 Å². The summed E-state index contributed by atoms with van der Waals surface area (Å²) in [5, 5.41) is 0. The molecular formula is C14H21BrN2O. The fourth-order valence-electron chi connectivity index (χ4n) is 2.48.